The van der Waals surface area contributed by atoms with Gasteiger partial charge in [-0.3, -0.25) is 4.79 Å². The van der Waals surface area contributed by atoms with Crippen molar-refractivity contribution in [3.8, 4) is 0 Å². The predicted molar refractivity (Wildman–Crippen MR) is 60.1 cm³/mol. The standard InChI is InChI=1S/C12H21NO3/c14-9-3-1-8(2-4-9)7-13-11-6-5-10(11)12(15)16/h8-11,13-14H,1-7H2,(H,15,16). The Balaban J connectivity index is 1.66. The highest BCUT2D eigenvalue weighted by Gasteiger charge is 2.36. The van der Waals surface area contributed by atoms with E-state index >= 15 is 0 Å². The third-order valence-electron chi connectivity index (χ3n) is 4.08. The minimum atomic E-state index is -0.664. The molecule has 0 bridgehead atoms. The number of hydrogen-bond donors (Lipinski definition) is 3. The molecule has 0 heterocycles. The van der Waals surface area contributed by atoms with Crippen molar-refractivity contribution < 1.29 is 15.0 Å². The Morgan fingerprint density at radius 2 is 1.81 bits per heavy atom. The van der Waals surface area contributed by atoms with Gasteiger partial charge in [0, 0.05) is 6.04 Å². The normalized spacial score (nSPS) is 39.1. The first-order valence-electron chi connectivity index (χ1n) is 6.31. The van der Waals surface area contributed by atoms with Crippen LogP contribution >= 0.6 is 0 Å². The van der Waals surface area contributed by atoms with Crippen molar-refractivity contribution in [2.45, 2.75) is 50.7 Å². The Labute approximate surface area is 96.0 Å². The van der Waals surface area contributed by atoms with Gasteiger partial charge in [0.05, 0.1) is 12.0 Å². The second kappa shape index (κ2) is 5.15. The van der Waals surface area contributed by atoms with Crippen LogP contribution in [0.25, 0.3) is 0 Å². The van der Waals surface area contributed by atoms with Crippen molar-refractivity contribution >= 4 is 5.97 Å². The van der Waals surface area contributed by atoms with Gasteiger partial charge in [-0.1, -0.05) is 0 Å². The number of carbonyl (C=O) groups is 1. The van der Waals surface area contributed by atoms with E-state index in [-0.39, 0.29) is 18.1 Å². The summed E-state index contributed by atoms with van der Waals surface area (Å²) in [4.78, 5) is 10.8. The van der Waals surface area contributed by atoms with Gasteiger partial charge in [0.15, 0.2) is 0 Å². The van der Waals surface area contributed by atoms with Crippen molar-refractivity contribution in [3.05, 3.63) is 0 Å². The van der Waals surface area contributed by atoms with Crippen molar-refractivity contribution in [1.82, 2.24) is 5.32 Å². The van der Waals surface area contributed by atoms with Gasteiger partial charge in [-0.25, -0.2) is 0 Å². The number of hydrogen-bond acceptors (Lipinski definition) is 3. The minimum absolute atomic E-state index is 0.105. The number of aliphatic carboxylic acids is 1. The van der Waals surface area contributed by atoms with E-state index in [0.29, 0.717) is 5.92 Å². The molecule has 2 atom stereocenters. The molecule has 16 heavy (non-hydrogen) atoms. The monoisotopic (exact) mass is 227 g/mol. The van der Waals surface area contributed by atoms with Gasteiger partial charge >= 0.3 is 5.97 Å². The van der Waals surface area contributed by atoms with Crippen LogP contribution in [0.15, 0.2) is 0 Å². The van der Waals surface area contributed by atoms with Gasteiger partial charge in [0.25, 0.3) is 0 Å². The highest BCUT2D eigenvalue weighted by Crippen LogP contribution is 2.29. The summed E-state index contributed by atoms with van der Waals surface area (Å²) in [7, 11) is 0. The zero-order valence-electron chi connectivity index (χ0n) is 9.56. The van der Waals surface area contributed by atoms with Crippen molar-refractivity contribution in [2.75, 3.05) is 6.54 Å². The van der Waals surface area contributed by atoms with E-state index in [4.69, 9.17) is 5.11 Å². The van der Waals surface area contributed by atoms with Crippen LogP contribution in [0.4, 0.5) is 0 Å². The second-order valence-corrected chi connectivity index (χ2v) is 5.21. The minimum Gasteiger partial charge on any atom is -0.481 e. The molecule has 0 radical (unpaired) electrons. The molecule has 0 saturated heterocycles. The number of rotatable bonds is 4. The number of nitrogens with one attached hydrogen (secondary N) is 1. The maximum Gasteiger partial charge on any atom is 0.308 e. The van der Waals surface area contributed by atoms with Crippen LogP contribution in [0.2, 0.25) is 0 Å². The fourth-order valence-corrected chi connectivity index (χ4v) is 2.71. The molecular formula is C12H21NO3. The molecule has 0 spiro atoms. The lowest BCUT2D eigenvalue weighted by molar-refractivity contribution is -0.146. The molecule has 2 aliphatic rings. The fraction of sp³-hybridized carbons (Fsp3) is 0.917. The van der Waals surface area contributed by atoms with E-state index in [0.717, 1.165) is 45.1 Å². The molecule has 92 valence electrons. The zero-order chi connectivity index (χ0) is 11.5. The molecule has 0 aromatic rings. The molecule has 4 nitrogen and oxygen atoms in total. The lowest BCUT2D eigenvalue weighted by Crippen LogP contribution is -2.49. The van der Waals surface area contributed by atoms with Crippen LogP contribution in [-0.2, 0) is 4.79 Å². The van der Waals surface area contributed by atoms with Crippen LogP contribution in [-0.4, -0.2) is 34.9 Å². The van der Waals surface area contributed by atoms with E-state index < -0.39 is 5.97 Å². The molecule has 2 rings (SSSR count). The number of aliphatic hydroxyl groups excluding tert-OH is 1. The maximum absolute atomic E-state index is 10.8. The van der Waals surface area contributed by atoms with E-state index in [2.05, 4.69) is 5.32 Å². The van der Waals surface area contributed by atoms with Gasteiger partial charge in [0.2, 0.25) is 0 Å². The molecule has 0 aliphatic heterocycles. The van der Waals surface area contributed by atoms with E-state index in [9.17, 15) is 9.90 Å². The van der Waals surface area contributed by atoms with Crippen LogP contribution in [0.3, 0.4) is 0 Å². The molecule has 3 N–H and O–H groups in total. The van der Waals surface area contributed by atoms with E-state index in [1.165, 1.54) is 0 Å². The maximum atomic E-state index is 10.8. The van der Waals surface area contributed by atoms with Gasteiger partial charge in [-0.2, -0.15) is 0 Å². The van der Waals surface area contributed by atoms with Crippen molar-refractivity contribution in [2.24, 2.45) is 11.8 Å². The fourth-order valence-electron chi connectivity index (χ4n) is 2.71. The number of carboxylic acids is 1. The Morgan fingerprint density at radius 3 is 2.31 bits per heavy atom. The first-order chi connectivity index (χ1) is 7.66. The van der Waals surface area contributed by atoms with Gasteiger partial charge in [0.1, 0.15) is 0 Å². The molecule has 0 aromatic carbocycles. The highest BCUT2D eigenvalue weighted by molar-refractivity contribution is 5.72. The quantitative estimate of drug-likeness (QED) is 0.670. The molecule has 2 saturated carbocycles. The van der Waals surface area contributed by atoms with Crippen molar-refractivity contribution in [1.29, 1.82) is 0 Å². The Hall–Kier alpha value is -0.610. The van der Waals surface area contributed by atoms with Crippen LogP contribution in [0, 0.1) is 11.8 Å². The summed E-state index contributed by atoms with van der Waals surface area (Å²) in [5.74, 6) is -0.213. The van der Waals surface area contributed by atoms with Gasteiger partial charge in [-0.15, -0.1) is 0 Å². The Morgan fingerprint density at radius 1 is 1.12 bits per heavy atom. The van der Waals surface area contributed by atoms with Crippen LogP contribution in [0.5, 0.6) is 0 Å². The smallest absolute Gasteiger partial charge is 0.308 e. The van der Waals surface area contributed by atoms with Gasteiger partial charge < -0.3 is 15.5 Å². The number of aliphatic hydroxyl groups is 1. The lowest BCUT2D eigenvalue weighted by atomic mass is 9.79. The Kier molecular flexibility index (Phi) is 3.82. The zero-order valence-corrected chi connectivity index (χ0v) is 9.56. The van der Waals surface area contributed by atoms with Crippen LogP contribution < -0.4 is 5.32 Å². The molecule has 0 aromatic heterocycles. The van der Waals surface area contributed by atoms with E-state index in [1.807, 2.05) is 0 Å². The number of carboxylic acid groups (broad SMARTS) is 1. The topological polar surface area (TPSA) is 69.6 Å². The summed E-state index contributed by atoms with van der Waals surface area (Å²) in [5, 5.41) is 21.7. The third-order valence-corrected chi connectivity index (χ3v) is 4.08. The Bertz CT molecular complexity index is 249. The summed E-state index contributed by atoms with van der Waals surface area (Å²) >= 11 is 0. The van der Waals surface area contributed by atoms with E-state index in [1.54, 1.807) is 0 Å². The second-order valence-electron chi connectivity index (χ2n) is 5.21. The summed E-state index contributed by atoms with van der Waals surface area (Å²) in [5.41, 5.74) is 0. The molecule has 2 fully saturated rings. The SMILES string of the molecule is O=C(O)C1CCC1NCC1CCC(O)CC1. The molecule has 0 amide bonds. The van der Waals surface area contributed by atoms with Crippen molar-refractivity contribution in [3.63, 3.8) is 0 Å². The summed E-state index contributed by atoms with van der Waals surface area (Å²) in [6, 6.07) is 0.185. The average molecular weight is 227 g/mol. The van der Waals surface area contributed by atoms with Crippen LogP contribution in [0.1, 0.15) is 38.5 Å². The van der Waals surface area contributed by atoms with Gasteiger partial charge in [-0.05, 0) is 51.0 Å². The molecular weight excluding hydrogens is 206 g/mol. The molecule has 2 unspecified atom stereocenters. The lowest BCUT2D eigenvalue weighted by Gasteiger charge is -2.36. The third kappa shape index (κ3) is 2.74. The first-order valence-corrected chi connectivity index (χ1v) is 6.31. The molecule has 4 heteroatoms. The summed E-state index contributed by atoms with van der Waals surface area (Å²) < 4.78 is 0. The predicted octanol–water partition coefficient (Wildman–Crippen LogP) is 0.990. The summed E-state index contributed by atoms with van der Waals surface area (Å²) in [6.45, 7) is 0.918. The average Bonchev–Trinajstić information content (AvgIpc) is 2.18. The molecule has 2 aliphatic carbocycles. The highest BCUT2D eigenvalue weighted by atomic mass is 16.4. The largest absolute Gasteiger partial charge is 0.481 e. The first kappa shape index (κ1) is 11.9. The summed E-state index contributed by atoms with van der Waals surface area (Å²) in [6.07, 6.45) is 5.64.